The highest BCUT2D eigenvalue weighted by molar-refractivity contribution is 5.09. The van der Waals surface area contributed by atoms with Crippen LogP contribution in [-0.4, -0.2) is 0 Å². The predicted octanol–water partition coefficient (Wildman–Crippen LogP) is 3.31. The zero-order valence-corrected chi connectivity index (χ0v) is 6.28. The van der Waals surface area contributed by atoms with Crippen molar-refractivity contribution in [1.82, 2.24) is 0 Å². The smallest absolute Gasteiger partial charge is 0.0537 e. The highest BCUT2D eigenvalue weighted by Crippen LogP contribution is 2.27. The van der Waals surface area contributed by atoms with Gasteiger partial charge in [0.2, 0.25) is 0 Å². The Balaban J connectivity index is 2.90. The second-order valence-corrected chi connectivity index (χ2v) is 2.94. The fraction of sp³-hybridized carbons (Fsp3) is 0.600. The van der Waals surface area contributed by atoms with E-state index in [2.05, 4.69) is 0 Å². The molecule has 0 aromatic heterocycles. The average Bonchev–Trinajstić information content (AvgIpc) is 2.05. The van der Waals surface area contributed by atoms with Crippen molar-refractivity contribution in [3.8, 4) is 0 Å². The van der Waals surface area contributed by atoms with Crippen LogP contribution in [0.4, 0.5) is 0 Å². The Morgan fingerprint density at radius 1 is 2.00 bits per heavy atom. The lowest BCUT2D eigenvalue weighted by Crippen LogP contribution is -2.04. The van der Waals surface area contributed by atoms with E-state index in [0.29, 0.717) is 6.42 Å². The zero-order chi connectivity index (χ0) is 11.6. The molecule has 0 aromatic rings. The van der Waals surface area contributed by atoms with E-state index >= 15 is 0 Å². The van der Waals surface area contributed by atoms with Gasteiger partial charge in [-0.05, 0) is 39.0 Å². The van der Waals surface area contributed by atoms with Crippen molar-refractivity contribution >= 4 is 0 Å². The minimum Gasteiger partial charge on any atom is -0.0998 e. The summed E-state index contributed by atoms with van der Waals surface area (Å²) in [5, 5.41) is 0. The zero-order valence-electron chi connectivity index (χ0n) is 11.3. The van der Waals surface area contributed by atoms with Crippen LogP contribution in [0.25, 0.3) is 0 Å². The maximum absolute atomic E-state index is 7.32. The largest absolute Gasteiger partial charge is 0.0998 e. The van der Waals surface area contributed by atoms with Crippen molar-refractivity contribution in [3.63, 3.8) is 0 Å². The molecule has 10 heavy (non-hydrogen) atoms. The van der Waals surface area contributed by atoms with Crippen molar-refractivity contribution in [2.24, 2.45) is 5.92 Å². The van der Waals surface area contributed by atoms with Gasteiger partial charge in [0.15, 0.2) is 0 Å². The maximum Gasteiger partial charge on any atom is 0.0537 e. The van der Waals surface area contributed by atoms with Crippen LogP contribution >= 0.6 is 0 Å². The minimum atomic E-state index is -2.29. The standard InChI is InChI=1S/C10H16/c1-8(2)10-6-4-9(3)5-7-10/h4,10H,1,5-7H2,2-3H3/t10-/m0/s1/i1D2,2D3. The molecule has 0 aliphatic heterocycles. The first kappa shape index (κ1) is 3.25. The number of rotatable bonds is 1. The monoisotopic (exact) mass is 141 g/mol. The Morgan fingerprint density at radius 3 is 3.40 bits per heavy atom. The van der Waals surface area contributed by atoms with Gasteiger partial charge >= 0.3 is 0 Å². The van der Waals surface area contributed by atoms with Crippen LogP contribution in [0.15, 0.2) is 23.8 Å². The molecule has 0 saturated heterocycles. The summed E-state index contributed by atoms with van der Waals surface area (Å²) in [7, 11) is 0. The average molecular weight is 141 g/mol. The molecule has 0 fully saturated rings. The quantitative estimate of drug-likeness (QED) is 0.491. The van der Waals surface area contributed by atoms with Crippen LogP contribution in [-0.2, 0) is 0 Å². The fourth-order valence-corrected chi connectivity index (χ4v) is 1.23. The second kappa shape index (κ2) is 3.05. The Hall–Kier alpha value is -0.520. The van der Waals surface area contributed by atoms with Crippen molar-refractivity contribution in [3.05, 3.63) is 23.8 Å². The number of allylic oxidation sites excluding steroid dienone is 3. The summed E-state index contributed by atoms with van der Waals surface area (Å²) in [6.45, 7) is -0.798. The lowest BCUT2D eigenvalue weighted by molar-refractivity contribution is 0.540. The van der Waals surface area contributed by atoms with Crippen LogP contribution in [0.2, 0.25) is 0 Å². The Labute approximate surface area is 70.7 Å². The molecule has 0 spiro atoms. The maximum atomic E-state index is 7.32. The molecule has 0 unspecified atom stereocenters. The van der Waals surface area contributed by atoms with E-state index in [0.717, 1.165) is 12.8 Å². The fourth-order valence-electron chi connectivity index (χ4n) is 1.23. The Kier molecular flexibility index (Phi) is 0.990. The van der Waals surface area contributed by atoms with E-state index in [-0.39, 0.29) is 11.5 Å². The molecule has 0 heterocycles. The van der Waals surface area contributed by atoms with Crippen molar-refractivity contribution in [1.29, 1.82) is 0 Å². The summed E-state index contributed by atoms with van der Waals surface area (Å²) in [6.07, 6.45) is 4.29. The van der Waals surface area contributed by atoms with E-state index in [4.69, 9.17) is 6.85 Å². The number of hydrogen-bond donors (Lipinski definition) is 0. The van der Waals surface area contributed by atoms with Gasteiger partial charge in [0.1, 0.15) is 0 Å². The predicted molar refractivity (Wildman–Crippen MR) is 45.9 cm³/mol. The molecule has 0 nitrogen and oxygen atoms in total. The molecule has 0 radical (unpaired) electrons. The van der Waals surface area contributed by atoms with Gasteiger partial charge in [-0.15, -0.1) is 0 Å². The van der Waals surface area contributed by atoms with Gasteiger partial charge in [0.05, 0.1) is 2.74 Å². The third-order valence-corrected chi connectivity index (χ3v) is 2.05. The highest BCUT2D eigenvalue weighted by Gasteiger charge is 2.11. The second-order valence-electron chi connectivity index (χ2n) is 2.94. The van der Waals surface area contributed by atoms with E-state index in [1.807, 2.05) is 13.0 Å². The summed E-state index contributed by atoms with van der Waals surface area (Å²) in [5.41, 5.74) is 1.29. The first-order chi connectivity index (χ1) is 6.82. The van der Waals surface area contributed by atoms with Crippen LogP contribution in [0.1, 0.15) is 39.9 Å². The van der Waals surface area contributed by atoms with Crippen molar-refractivity contribution in [2.45, 2.75) is 33.0 Å². The number of hydrogen-bond acceptors (Lipinski definition) is 0. The normalized spacial score (nSPS) is 33.9. The lowest BCUT2D eigenvalue weighted by atomic mass is 9.86. The van der Waals surface area contributed by atoms with Gasteiger partial charge in [-0.1, -0.05) is 23.8 Å². The molecule has 0 amide bonds. The summed E-state index contributed by atoms with van der Waals surface area (Å²) in [5.74, 6) is -0.147. The summed E-state index contributed by atoms with van der Waals surface area (Å²) >= 11 is 0. The molecule has 1 atom stereocenters. The van der Waals surface area contributed by atoms with Crippen molar-refractivity contribution < 1.29 is 6.85 Å². The molecular formula is C10H16. The van der Waals surface area contributed by atoms with Gasteiger partial charge in [0, 0.05) is 4.11 Å². The molecule has 1 rings (SSSR count). The molecule has 0 bridgehead atoms. The first-order valence-corrected chi connectivity index (χ1v) is 3.66. The van der Waals surface area contributed by atoms with Gasteiger partial charge in [-0.3, -0.25) is 0 Å². The molecule has 1 aliphatic carbocycles. The van der Waals surface area contributed by atoms with E-state index < -0.39 is 13.4 Å². The first-order valence-electron chi connectivity index (χ1n) is 6.16. The van der Waals surface area contributed by atoms with Gasteiger partial charge in [0.25, 0.3) is 0 Å². The topological polar surface area (TPSA) is 0 Å². The third kappa shape index (κ3) is 1.73. The molecule has 0 aromatic carbocycles. The van der Waals surface area contributed by atoms with E-state index in [1.165, 1.54) is 5.57 Å². The molecule has 0 heteroatoms. The molecule has 0 saturated carbocycles. The summed E-state index contributed by atoms with van der Waals surface area (Å²) < 4.78 is 36.4. The Bertz CT molecular complexity index is 293. The van der Waals surface area contributed by atoms with Gasteiger partial charge in [-0.25, -0.2) is 0 Å². The van der Waals surface area contributed by atoms with Crippen LogP contribution in [0, 0.1) is 5.92 Å². The lowest BCUT2D eigenvalue weighted by Gasteiger charge is -2.19. The van der Waals surface area contributed by atoms with Gasteiger partial charge in [-0.2, -0.15) is 0 Å². The molecule has 0 N–H and O–H groups in total. The van der Waals surface area contributed by atoms with Crippen LogP contribution < -0.4 is 0 Å². The molecule has 56 valence electrons. The molecule has 1 aliphatic rings. The van der Waals surface area contributed by atoms with E-state index in [1.54, 1.807) is 0 Å². The summed E-state index contributed by atoms with van der Waals surface area (Å²) in [4.78, 5) is 0. The van der Waals surface area contributed by atoms with Gasteiger partial charge < -0.3 is 0 Å². The van der Waals surface area contributed by atoms with Crippen LogP contribution in [0.3, 0.4) is 0 Å². The highest BCUT2D eigenvalue weighted by atomic mass is 14.2. The Morgan fingerprint density at radius 2 is 2.90 bits per heavy atom. The van der Waals surface area contributed by atoms with Crippen LogP contribution in [0.5, 0.6) is 0 Å². The van der Waals surface area contributed by atoms with Crippen molar-refractivity contribution in [2.75, 3.05) is 0 Å². The third-order valence-electron chi connectivity index (χ3n) is 2.05. The summed E-state index contributed by atoms with van der Waals surface area (Å²) in [6, 6.07) is 0. The van der Waals surface area contributed by atoms with E-state index in [9.17, 15) is 0 Å². The minimum absolute atomic E-state index is 0.0197. The molecular weight excluding hydrogens is 120 g/mol. The SMILES string of the molecule is [2H]C([2H])=C([C@H]1CC=C(C)CC1)C([2H])([2H])[2H].